The van der Waals surface area contributed by atoms with Gasteiger partial charge in [0.15, 0.2) is 0 Å². The average molecular weight is 929 g/mol. The van der Waals surface area contributed by atoms with Crippen LogP contribution in [0.5, 0.6) is 11.5 Å². The van der Waals surface area contributed by atoms with Crippen LogP contribution in [0.1, 0.15) is 117 Å². The minimum Gasteiger partial charge on any atom is -0.496 e. The Kier molecular flexibility index (Phi) is 22.6. The number of hydrogen-bond donors (Lipinski definition) is 8. The van der Waals surface area contributed by atoms with Crippen molar-refractivity contribution in [1.29, 1.82) is 0 Å². The molecule has 0 aliphatic carbocycles. The van der Waals surface area contributed by atoms with E-state index >= 15 is 0 Å². The predicted octanol–water partition coefficient (Wildman–Crippen LogP) is 2.37. The van der Waals surface area contributed by atoms with Gasteiger partial charge in [-0.15, -0.1) is 0 Å². The topological polar surface area (TPSA) is 292 Å². The third-order valence-corrected chi connectivity index (χ3v) is 9.76. The molecule has 5 rings (SSSR count). The molecule has 0 saturated carbocycles. The fourth-order valence-electron chi connectivity index (χ4n) is 6.31. The van der Waals surface area contributed by atoms with Gasteiger partial charge in [-0.05, 0) is 134 Å². The van der Waals surface area contributed by atoms with Crippen LogP contribution in [0.15, 0.2) is 77.9 Å². The van der Waals surface area contributed by atoms with Crippen molar-refractivity contribution in [3.63, 3.8) is 0 Å². The highest BCUT2D eigenvalue weighted by Crippen LogP contribution is 2.24. The van der Waals surface area contributed by atoms with E-state index in [1.165, 1.54) is 47.3 Å². The van der Waals surface area contributed by atoms with Crippen molar-refractivity contribution in [3.05, 3.63) is 117 Å². The van der Waals surface area contributed by atoms with Crippen molar-refractivity contribution in [2.45, 2.75) is 73.4 Å². The number of carbonyl (C=O) groups excluding carboxylic acids is 5. The SMILES string of the molecule is CCO.CN.COc1cccc(C(=O)NN(C(=O)c2ccc(B(O)O)c(C=O)c2)C(C)(C)C)c1C.COc1cccc(C(=O)NN(C(=O)c2ccc3c(c2)C=NN(C)B3O)C(C)(C)C)c1C.N. The zero-order valence-electron chi connectivity index (χ0n) is 40.7. The Morgan fingerprint density at radius 2 is 1.21 bits per heavy atom. The van der Waals surface area contributed by atoms with E-state index in [1.807, 2.05) is 20.8 Å². The van der Waals surface area contributed by atoms with Gasteiger partial charge in [-0.3, -0.25) is 34.8 Å². The molecule has 4 aromatic rings. The largest absolute Gasteiger partial charge is 0.496 e. The summed E-state index contributed by atoms with van der Waals surface area (Å²) in [7, 11) is 3.50. The Hall–Kier alpha value is -6.61. The molecule has 0 fully saturated rings. The number of benzene rings is 4. The second kappa shape index (κ2) is 25.9. The molecule has 0 radical (unpaired) electrons. The fourth-order valence-corrected chi connectivity index (χ4v) is 6.31. The van der Waals surface area contributed by atoms with Crippen LogP contribution in [-0.2, 0) is 0 Å². The number of nitrogens with zero attached hydrogens (tertiary/aromatic N) is 4. The first-order valence-corrected chi connectivity index (χ1v) is 20.8. The number of aldehydes is 1. The normalized spacial score (nSPS) is 11.3. The van der Waals surface area contributed by atoms with Crippen LogP contribution in [0.25, 0.3) is 0 Å². The Bertz CT molecular complexity index is 2370. The Morgan fingerprint density at radius 1 is 0.791 bits per heavy atom. The first kappa shape index (κ1) is 58.4. The molecule has 0 atom stereocenters. The van der Waals surface area contributed by atoms with E-state index in [0.29, 0.717) is 56.6 Å². The number of amides is 4. The number of aliphatic hydroxyl groups excluding tert-OH is 1. The Balaban J connectivity index is 0.000000603. The number of carbonyl (C=O) groups is 5. The fraction of sp³-hybridized carbons (Fsp3) is 0.348. The molecule has 1 heterocycles. The van der Waals surface area contributed by atoms with Gasteiger partial charge in [0, 0.05) is 52.6 Å². The highest BCUT2D eigenvalue weighted by Gasteiger charge is 2.33. The van der Waals surface area contributed by atoms with Gasteiger partial charge in [-0.25, -0.2) is 10.0 Å². The molecular weight excluding hydrogens is 862 g/mol. The third-order valence-electron chi connectivity index (χ3n) is 9.76. The van der Waals surface area contributed by atoms with Gasteiger partial charge in [0.05, 0.1) is 31.5 Å². The number of nitrogens with two attached hydrogens (primary N) is 1. The first-order valence-electron chi connectivity index (χ1n) is 20.8. The molecule has 0 saturated heterocycles. The van der Waals surface area contributed by atoms with Crippen LogP contribution >= 0.6 is 0 Å². The first-order chi connectivity index (χ1) is 31.0. The maximum absolute atomic E-state index is 13.4. The molecule has 21 heteroatoms. The molecule has 4 aromatic carbocycles. The van der Waals surface area contributed by atoms with Gasteiger partial charge in [0.2, 0.25) is 0 Å². The summed E-state index contributed by atoms with van der Waals surface area (Å²) in [6.07, 6.45) is 2.03. The maximum atomic E-state index is 13.4. The zero-order valence-corrected chi connectivity index (χ0v) is 40.7. The third kappa shape index (κ3) is 14.9. The Morgan fingerprint density at radius 3 is 1.60 bits per heavy atom. The van der Waals surface area contributed by atoms with Gasteiger partial charge in [-0.1, -0.05) is 24.3 Å². The van der Waals surface area contributed by atoms with E-state index in [9.17, 15) is 39.0 Å². The summed E-state index contributed by atoms with van der Waals surface area (Å²) in [4.78, 5) is 65.2. The maximum Gasteiger partial charge on any atom is 0.489 e. The van der Waals surface area contributed by atoms with Crippen molar-refractivity contribution in [2.24, 2.45) is 10.8 Å². The highest BCUT2D eigenvalue weighted by atomic mass is 16.5. The molecule has 0 unspecified atom stereocenters. The molecular formula is C46H66B2N8O11. The summed E-state index contributed by atoms with van der Waals surface area (Å²) in [5.74, 6) is -0.683. The monoisotopic (exact) mass is 929 g/mol. The molecule has 19 nitrogen and oxygen atoms in total. The summed E-state index contributed by atoms with van der Waals surface area (Å²) < 4.78 is 10.5. The molecule has 67 heavy (non-hydrogen) atoms. The number of rotatable bonds is 8. The standard InChI is InChI=1S/C22H27BN4O4.C21H25BN2O6.C2H6O.CH5N.H3N/c1-14-17(8-7-9-19(14)31-6)20(28)25-27(22(2,3)4)21(29)15-10-11-18-16(12-15)13-24-26(5)23(18)30;1-13-16(7-6-8-18(13)30-5)19(26)23-24(21(2,3)4)20(27)14-9-10-17(22(28)29)15(11-14)12-25;1-2-3;1-2;/h7-13,30H,1-6H3,(H,25,28);6-12,28-29H,1-5H3,(H,23,26);3H,2H2,1H3;2H2,1H3;1H3. The molecule has 4 amide bonds. The van der Waals surface area contributed by atoms with Crippen LogP contribution in [-0.4, -0.2) is 131 Å². The van der Waals surface area contributed by atoms with Crippen LogP contribution in [0.4, 0.5) is 0 Å². The van der Waals surface area contributed by atoms with Crippen LogP contribution in [0, 0.1) is 13.8 Å². The zero-order chi connectivity index (χ0) is 50.3. The lowest BCUT2D eigenvalue weighted by Crippen LogP contribution is -2.56. The molecule has 11 N–H and O–H groups in total. The van der Waals surface area contributed by atoms with E-state index in [-0.39, 0.29) is 35.3 Å². The van der Waals surface area contributed by atoms with Crippen molar-refractivity contribution < 1.29 is 53.6 Å². The summed E-state index contributed by atoms with van der Waals surface area (Å²) in [5.41, 5.74) is 12.3. The van der Waals surface area contributed by atoms with Crippen molar-refractivity contribution >= 4 is 61.2 Å². The number of aliphatic hydroxyl groups is 1. The average Bonchev–Trinajstić information content (AvgIpc) is 3.28. The van der Waals surface area contributed by atoms with E-state index in [2.05, 4.69) is 21.7 Å². The van der Waals surface area contributed by atoms with E-state index in [4.69, 9.17) is 14.6 Å². The molecule has 1 aliphatic rings. The molecule has 362 valence electrons. The lowest BCUT2D eigenvalue weighted by Gasteiger charge is -2.36. The summed E-state index contributed by atoms with van der Waals surface area (Å²) in [6.45, 7) is 16.2. The van der Waals surface area contributed by atoms with Crippen molar-refractivity contribution in [2.75, 3.05) is 34.9 Å². The predicted molar refractivity (Wildman–Crippen MR) is 261 cm³/mol. The number of nitrogens with one attached hydrogen (secondary N) is 2. The number of methoxy groups -OCH3 is 2. The van der Waals surface area contributed by atoms with Gasteiger partial charge in [-0.2, -0.15) is 5.10 Å². The highest BCUT2D eigenvalue weighted by molar-refractivity contribution is 6.65. The number of ether oxygens (including phenoxy) is 2. The van der Waals surface area contributed by atoms with Crippen LogP contribution < -0.4 is 43.1 Å². The van der Waals surface area contributed by atoms with Crippen LogP contribution in [0.2, 0.25) is 0 Å². The van der Waals surface area contributed by atoms with Crippen molar-refractivity contribution in [1.82, 2.24) is 31.9 Å². The smallest absolute Gasteiger partial charge is 0.489 e. The van der Waals surface area contributed by atoms with Gasteiger partial charge >= 0.3 is 14.2 Å². The minimum absolute atomic E-state index is 0. The number of hydrazone groups is 1. The lowest BCUT2D eigenvalue weighted by atomic mass is 9.70. The summed E-state index contributed by atoms with van der Waals surface area (Å²) in [5, 5.41) is 43.1. The molecule has 0 spiro atoms. The van der Waals surface area contributed by atoms with Gasteiger partial charge < -0.3 is 46.5 Å². The second-order valence-electron chi connectivity index (χ2n) is 16.5. The van der Waals surface area contributed by atoms with Crippen molar-refractivity contribution in [3.8, 4) is 11.5 Å². The lowest BCUT2D eigenvalue weighted by molar-refractivity contribution is 0.0356. The minimum atomic E-state index is -1.84. The summed E-state index contributed by atoms with van der Waals surface area (Å²) in [6, 6.07) is 19.1. The van der Waals surface area contributed by atoms with E-state index < -0.39 is 43.0 Å². The molecule has 0 bridgehead atoms. The van der Waals surface area contributed by atoms with Gasteiger partial charge in [0.1, 0.15) is 17.8 Å². The number of hydrogen-bond acceptors (Lipinski definition) is 15. The van der Waals surface area contributed by atoms with E-state index in [0.717, 1.165) is 0 Å². The number of fused-ring (bicyclic) bond motifs is 1. The van der Waals surface area contributed by atoms with Gasteiger partial charge in [0.25, 0.3) is 23.6 Å². The van der Waals surface area contributed by atoms with Crippen LogP contribution in [0.3, 0.4) is 0 Å². The summed E-state index contributed by atoms with van der Waals surface area (Å²) >= 11 is 0. The Labute approximate surface area is 393 Å². The second-order valence-corrected chi connectivity index (χ2v) is 16.5. The quantitative estimate of drug-likeness (QED) is 0.0716. The number of hydrazine groups is 2. The molecule has 1 aliphatic heterocycles. The van der Waals surface area contributed by atoms with E-state index in [1.54, 1.807) is 117 Å². The molecule has 0 aromatic heterocycles.